The van der Waals surface area contributed by atoms with Gasteiger partial charge >= 0.3 is 0 Å². The molecule has 0 bridgehead atoms. The van der Waals surface area contributed by atoms with Gasteiger partial charge in [0.25, 0.3) is 0 Å². The van der Waals surface area contributed by atoms with Gasteiger partial charge in [-0.05, 0) is 43.5 Å². The van der Waals surface area contributed by atoms with Gasteiger partial charge in [-0.15, -0.1) is 0 Å². The smallest absolute Gasteiger partial charge is 0.222 e. The number of hydrogen-bond acceptors (Lipinski definition) is 3. The van der Waals surface area contributed by atoms with Gasteiger partial charge in [0, 0.05) is 25.6 Å². The lowest BCUT2D eigenvalue weighted by Crippen LogP contribution is -2.49. The van der Waals surface area contributed by atoms with Crippen molar-refractivity contribution in [3.63, 3.8) is 0 Å². The fraction of sp³-hybridized carbons (Fsp3) is 0.588. The van der Waals surface area contributed by atoms with E-state index < -0.39 is 0 Å². The fourth-order valence-electron chi connectivity index (χ4n) is 3.00. The third-order valence-electron chi connectivity index (χ3n) is 4.42. The minimum absolute atomic E-state index is 0.271. The maximum atomic E-state index is 12.3. The molecule has 2 rings (SSSR count). The lowest BCUT2D eigenvalue weighted by Gasteiger charge is -2.36. The monoisotopic (exact) mass is 290 g/mol. The average Bonchev–Trinajstić information content (AvgIpc) is 2.53. The maximum Gasteiger partial charge on any atom is 0.222 e. The number of nitrogens with one attached hydrogen (secondary N) is 1. The summed E-state index contributed by atoms with van der Waals surface area (Å²) in [6.07, 6.45) is 2.43. The second kappa shape index (κ2) is 7.46. The summed E-state index contributed by atoms with van der Waals surface area (Å²) in [5, 5.41) is 3.33. The Morgan fingerprint density at radius 2 is 2.10 bits per heavy atom. The summed E-state index contributed by atoms with van der Waals surface area (Å²) in [6.45, 7) is 3.95. The number of likely N-dealkylation sites (tertiary alicyclic amines) is 1. The van der Waals surface area contributed by atoms with Crippen molar-refractivity contribution in [1.82, 2.24) is 10.2 Å². The first-order chi connectivity index (χ1) is 10.1. The summed E-state index contributed by atoms with van der Waals surface area (Å²) < 4.78 is 5.14. The van der Waals surface area contributed by atoms with Gasteiger partial charge < -0.3 is 15.0 Å². The summed E-state index contributed by atoms with van der Waals surface area (Å²) >= 11 is 0. The van der Waals surface area contributed by atoms with Crippen LogP contribution in [0.25, 0.3) is 0 Å². The van der Waals surface area contributed by atoms with E-state index in [0.717, 1.165) is 31.7 Å². The van der Waals surface area contributed by atoms with E-state index in [1.54, 1.807) is 7.11 Å². The largest absolute Gasteiger partial charge is 0.497 e. The van der Waals surface area contributed by atoms with Gasteiger partial charge in [-0.25, -0.2) is 0 Å². The van der Waals surface area contributed by atoms with Crippen LogP contribution in [0.4, 0.5) is 0 Å². The van der Waals surface area contributed by atoms with Crippen LogP contribution in [-0.4, -0.2) is 44.1 Å². The number of methoxy groups -OCH3 is 1. The summed E-state index contributed by atoms with van der Waals surface area (Å²) in [7, 11) is 3.66. The quantitative estimate of drug-likeness (QED) is 0.903. The second-order valence-corrected chi connectivity index (χ2v) is 5.85. The molecule has 1 heterocycles. The molecule has 4 heteroatoms. The molecule has 1 N–H and O–H groups in total. The zero-order valence-corrected chi connectivity index (χ0v) is 13.3. The standard InChI is InChI=1S/C17H26N2O2/c1-13-12-19(11-10-16(13)18-2)17(20)9-6-14-4-7-15(21-3)8-5-14/h4-5,7-8,13,16,18H,6,9-12H2,1-3H3. The van der Waals surface area contributed by atoms with Crippen LogP contribution in [0.2, 0.25) is 0 Å². The van der Waals surface area contributed by atoms with Gasteiger partial charge in [-0.3, -0.25) is 4.79 Å². The Balaban J connectivity index is 1.81. The third-order valence-corrected chi connectivity index (χ3v) is 4.42. The van der Waals surface area contributed by atoms with Crippen LogP contribution in [0.15, 0.2) is 24.3 Å². The van der Waals surface area contributed by atoms with E-state index in [2.05, 4.69) is 12.2 Å². The number of ether oxygens (including phenoxy) is 1. The molecule has 1 aliphatic rings. The van der Waals surface area contributed by atoms with E-state index in [1.807, 2.05) is 36.2 Å². The molecule has 1 aromatic carbocycles. The molecule has 0 aromatic heterocycles. The van der Waals surface area contributed by atoms with Crippen molar-refractivity contribution in [2.75, 3.05) is 27.2 Å². The molecule has 0 radical (unpaired) electrons. The van der Waals surface area contributed by atoms with Gasteiger partial charge in [-0.2, -0.15) is 0 Å². The van der Waals surface area contributed by atoms with Gasteiger partial charge in [0.05, 0.1) is 7.11 Å². The Labute approximate surface area is 127 Å². The summed E-state index contributed by atoms with van der Waals surface area (Å²) in [5.74, 6) is 1.65. The Morgan fingerprint density at radius 3 is 2.67 bits per heavy atom. The highest BCUT2D eigenvalue weighted by molar-refractivity contribution is 5.76. The summed E-state index contributed by atoms with van der Waals surface area (Å²) in [5.41, 5.74) is 1.18. The minimum Gasteiger partial charge on any atom is -0.497 e. The number of nitrogens with zero attached hydrogens (tertiary/aromatic N) is 1. The SMILES string of the molecule is CNC1CCN(C(=O)CCc2ccc(OC)cc2)CC1C. The van der Waals surface area contributed by atoms with Crippen LogP contribution < -0.4 is 10.1 Å². The van der Waals surface area contributed by atoms with Gasteiger partial charge in [0.1, 0.15) is 5.75 Å². The zero-order valence-electron chi connectivity index (χ0n) is 13.3. The highest BCUT2D eigenvalue weighted by Gasteiger charge is 2.27. The van der Waals surface area contributed by atoms with Gasteiger partial charge in [0.15, 0.2) is 0 Å². The number of benzene rings is 1. The number of hydrogen-bond donors (Lipinski definition) is 1. The molecule has 0 spiro atoms. The Bertz CT molecular complexity index is 458. The number of piperidine rings is 1. The van der Waals surface area contributed by atoms with Crippen molar-refractivity contribution >= 4 is 5.91 Å². The van der Waals surface area contributed by atoms with Crippen LogP contribution in [0, 0.1) is 5.92 Å². The molecule has 0 aliphatic carbocycles. The Morgan fingerprint density at radius 1 is 1.38 bits per heavy atom. The van der Waals surface area contributed by atoms with E-state index >= 15 is 0 Å². The molecular formula is C17H26N2O2. The van der Waals surface area contributed by atoms with Crippen molar-refractivity contribution in [1.29, 1.82) is 0 Å². The number of rotatable bonds is 5. The predicted molar refractivity (Wildman–Crippen MR) is 84.5 cm³/mol. The molecule has 0 saturated carbocycles. The topological polar surface area (TPSA) is 41.6 Å². The zero-order chi connectivity index (χ0) is 15.2. The lowest BCUT2D eigenvalue weighted by atomic mass is 9.93. The van der Waals surface area contributed by atoms with Crippen molar-refractivity contribution < 1.29 is 9.53 Å². The molecule has 21 heavy (non-hydrogen) atoms. The highest BCUT2D eigenvalue weighted by Crippen LogP contribution is 2.18. The van der Waals surface area contributed by atoms with E-state index in [1.165, 1.54) is 5.56 Å². The van der Waals surface area contributed by atoms with Crippen LogP contribution in [0.1, 0.15) is 25.3 Å². The van der Waals surface area contributed by atoms with E-state index in [0.29, 0.717) is 18.4 Å². The molecule has 1 aromatic rings. The Hall–Kier alpha value is -1.55. The average molecular weight is 290 g/mol. The van der Waals surface area contributed by atoms with Crippen molar-refractivity contribution in [2.45, 2.75) is 32.2 Å². The van der Waals surface area contributed by atoms with Crippen molar-refractivity contribution in [2.24, 2.45) is 5.92 Å². The number of carbonyl (C=O) groups excluding carboxylic acids is 1. The molecule has 1 amide bonds. The molecule has 1 fully saturated rings. The molecular weight excluding hydrogens is 264 g/mol. The molecule has 2 atom stereocenters. The van der Waals surface area contributed by atoms with Crippen LogP contribution >= 0.6 is 0 Å². The van der Waals surface area contributed by atoms with Crippen LogP contribution in [0.3, 0.4) is 0 Å². The number of carbonyl (C=O) groups is 1. The first kappa shape index (κ1) is 15.8. The summed E-state index contributed by atoms with van der Waals surface area (Å²) in [6, 6.07) is 8.49. The van der Waals surface area contributed by atoms with E-state index in [4.69, 9.17) is 4.74 Å². The molecule has 4 nitrogen and oxygen atoms in total. The molecule has 2 unspecified atom stereocenters. The first-order valence-electron chi connectivity index (χ1n) is 7.72. The van der Waals surface area contributed by atoms with Crippen molar-refractivity contribution in [3.05, 3.63) is 29.8 Å². The number of amides is 1. The van der Waals surface area contributed by atoms with Gasteiger partial charge in [-0.1, -0.05) is 19.1 Å². The normalized spacial score (nSPS) is 22.1. The lowest BCUT2D eigenvalue weighted by molar-refractivity contribution is -0.133. The highest BCUT2D eigenvalue weighted by atomic mass is 16.5. The first-order valence-corrected chi connectivity index (χ1v) is 7.72. The van der Waals surface area contributed by atoms with Crippen LogP contribution in [0.5, 0.6) is 5.75 Å². The maximum absolute atomic E-state index is 12.3. The van der Waals surface area contributed by atoms with Gasteiger partial charge in [0.2, 0.25) is 5.91 Å². The molecule has 1 saturated heterocycles. The molecule has 116 valence electrons. The van der Waals surface area contributed by atoms with Crippen LogP contribution in [-0.2, 0) is 11.2 Å². The third kappa shape index (κ3) is 4.21. The number of aryl methyl sites for hydroxylation is 1. The van der Waals surface area contributed by atoms with E-state index in [9.17, 15) is 4.79 Å². The summed E-state index contributed by atoms with van der Waals surface area (Å²) in [4.78, 5) is 14.3. The molecule has 1 aliphatic heterocycles. The predicted octanol–water partition coefficient (Wildman–Crippen LogP) is 2.08. The Kier molecular flexibility index (Phi) is 5.62. The fourth-order valence-corrected chi connectivity index (χ4v) is 3.00. The van der Waals surface area contributed by atoms with Crippen molar-refractivity contribution in [3.8, 4) is 5.75 Å². The second-order valence-electron chi connectivity index (χ2n) is 5.85. The minimum atomic E-state index is 0.271. The van der Waals surface area contributed by atoms with E-state index in [-0.39, 0.29) is 5.91 Å².